The highest BCUT2D eigenvalue weighted by atomic mass is 16.6. The van der Waals surface area contributed by atoms with Gasteiger partial charge in [-0.1, -0.05) is 12.1 Å². The molecule has 118 valence electrons. The molecule has 0 radical (unpaired) electrons. The normalized spacial score (nSPS) is 14.9. The van der Waals surface area contributed by atoms with Crippen LogP contribution in [0, 0.1) is 0 Å². The summed E-state index contributed by atoms with van der Waals surface area (Å²) in [5, 5.41) is 0. The number of carbonyl (C=O) groups is 1. The molecule has 0 atom stereocenters. The second kappa shape index (κ2) is 7.76. The summed E-state index contributed by atoms with van der Waals surface area (Å²) < 4.78 is 5.26. The molecule has 0 unspecified atom stereocenters. The summed E-state index contributed by atoms with van der Waals surface area (Å²) in [6, 6.07) is 7.25. The molecule has 21 heavy (non-hydrogen) atoms. The first kappa shape index (κ1) is 17.1. The number of nitrogens with two attached hydrogens (primary N) is 2. The average Bonchev–Trinajstić information content (AvgIpc) is 2.42. The van der Waals surface area contributed by atoms with Gasteiger partial charge in [0.25, 0.3) is 0 Å². The van der Waals surface area contributed by atoms with Crippen molar-refractivity contribution in [3.8, 4) is 0 Å². The van der Waals surface area contributed by atoms with Gasteiger partial charge >= 0.3 is 6.09 Å². The number of ether oxygens (including phenoxy) is 1. The molecule has 2 rings (SSSR count). The summed E-state index contributed by atoms with van der Waals surface area (Å²) in [5.74, 6) is 0. The molecular formula is C16H27N3O2. The van der Waals surface area contributed by atoms with E-state index in [1.54, 1.807) is 17.0 Å². The lowest BCUT2D eigenvalue weighted by atomic mass is 10.1. The lowest BCUT2D eigenvalue weighted by molar-refractivity contribution is 0.0216. The third-order valence-electron chi connectivity index (χ3n) is 3.00. The van der Waals surface area contributed by atoms with Crippen molar-refractivity contribution in [1.82, 2.24) is 4.90 Å². The van der Waals surface area contributed by atoms with Crippen LogP contribution in [0.4, 0.5) is 16.2 Å². The van der Waals surface area contributed by atoms with E-state index in [-0.39, 0.29) is 11.7 Å². The molecule has 1 aliphatic rings. The molecule has 1 fully saturated rings. The fourth-order valence-corrected chi connectivity index (χ4v) is 1.91. The maximum atomic E-state index is 11.5. The first-order valence-electron chi connectivity index (χ1n) is 7.37. The van der Waals surface area contributed by atoms with Crippen LogP contribution in [0.2, 0.25) is 0 Å². The highest BCUT2D eigenvalue weighted by molar-refractivity contribution is 5.68. The Bertz CT molecular complexity index is 428. The Morgan fingerprint density at radius 2 is 1.52 bits per heavy atom. The summed E-state index contributed by atoms with van der Waals surface area (Å²) in [6.07, 6.45) is 3.30. The zero-order chi connectivity index (χ0) is 15.9. The Morgan fingerprint density at radius 3 is 1.90 bits per heavy atom. The van der Waals surface area contributed by atoms with E-state index in [1.165, 1.54) is 6.42 Å². The van der Waals surface area contributed by atoms with E-state index in [2.05, 4.69) is 0 Å². The molecule has 0 spiro atoms. The van der Waals surface area contributed by atoms with Gasteiger partial charge in [0, 0.05) is 13.1 Å². The van der Waals surface area contributed by atoms with Crippen molar-refractivity contribution in [3.05, 3.63) is 24.3 Å². The van der Waals surface area contributed by atoms with Crippen LogP contribution in [-0.4, -0.2) is 29.7 Å². The van der Waals surface area contributed by atoms with Crippen molar-refractivity contribution in [2.24, 2.45) is 0 Å². The summed E-state index contributed by atoms with van der Waals surface area (Å²) >= 11 is 0. The van der Waals surface area contributed by atoms with Gasteiger partial charge < -0.3 is 21.1 Å². The molecule has 0 saturated carbocycles. The number of para-hydroxylation sites is 2. The first-order chi connectivity index (χ1) is 9.79. The van der Waals surface area contributed by atoms with Crippen LogP contribution in [0.1, 0.15) is 40.0 Å². The number of nitrogen functional groups attached to an aromatic ring is 2. The smallest absolute Gasteiger partial charge is 0.410 e. The van der Waals surface area contributed by atoms with Crippen LogP contribution >= 0.6 is 0 Å². The third-order valence-corrected chi connectivity index (χ3v) is 3.00. The van der Waals surface area contributed by atoms with Gasteiger partial charge in [-0.3, -0.25) is 0 Å². The molecule has 0 aromatic heterocycles. The minimum absolute atomic E-state index is 0.160. The molecule has 5 nitrogen and oxygen atoms in total. The minimum atomic E-state index is -0.367. The van der Waals surface area contributed by atoms with Crippen LogP contribution in [0.5, 0.6) is 0 Å². The lowest BCUT2D eigenvalue weighted by Gasteiger charge is -2.29. The molecule has 1 aromatic carbocycles. The van der Waals surface area contributed by atoms with Crippen LogP contribution in [-0.2, 0) is 4.74 Å². The predicted octanol–water partition coefficient (Wildman–Crippen LogP) is 3.26. The zero-order valence-electron chi connectivity index (χ0n) is 13.3. The van der Waals surface area contributed by atoms with Crippen molar-refractivity contribution in [3.63, 3.8) is 0 Å². The Morgan fingerprint density at radius 1 is 1.05 bits per heavy atom. The van der Waals surface area contributed by atoms with E-state index in [9.17, 15) is 4.79 Å². The van der Waals surface area contributed by atoms with Crippen LogP contribution < -0.4 is 11.5 Å². The van der Waals surface area contributed by atoms with Crippen molar-refractivity contribution in [1.29, 1.82) is 0 Å². The number of amides is 1. The summed E-state index contributed by atoms with van der Waals surface area (Å²) in [4.78, 5) is 13.3. The largest absolute Gasteiger partial charge is 0.444 e. The number of likely N-dealkylation sites (tertiary alicyclic amines) is 1. The van der Waals surface area contributed by atoms with Crippen molar-refractivity contribution in [2.75, 3.05) is 24.6 Å². The highest BCUT2D eigenvalue weighted by Crippen LogP contribution is 2.14. The summed E-state index contributed by atoms with van der Waals surface area (Å²) in [7, 11) is 0. The summed E-state index contributed by atoms with van der Waals surface area (Å²) in [5.41, 5.74) is 11.7. The maximum Gasteiger partial charge on any atom is 0.410 e. The van der Waals surface area contributed by atoms with Crippen molar-refractivity contribution in [2.45, 2.75) is 45.6 Å². The number of anilines is 2. The van der Waals surface area contributed by atoms with E-state index in [4.69, 9.17) is 16.2 Å². The van der Waals surface area contributed by atoms with Gasteiger partial charge in [-0.2, -0.15) is 0 Å². The van der Waals surface area contributed by atoms with Crippen molar-refractivity contribution < 1.29 is 9.53 Å². The Kier molecular flexibility index (Phi) is 6.34. The Labute approximate surface area is 127 Å². The predicted molar refractivity (Wildman–Crippen MR) is 86.9 cm³/mol. The first-order valence-corrected chi connectivity index (χ1v) is 7.37. The van der Waals surface area contributed by atoms with Crippen LogP contribution in [0.15, 0.2) is 24.3 Å². The molecule has 4 N–H and O–H groups in total. The Hall–Kier alpha value is -1.91. The van der Waals surface area contributed by atoms with Gasteiger partial charge in [0.2, 0.25) is 0 Å². The molecule has 1 aromatic rings. The van der Waals surface area contributed by atoms with Gasteiger partial charge in [0.15, 0.2) is 0 Å². The molecule has 1 saturated heterocycles. The zero-order valence-corrected chi connectivity index (χ0v) is 13.3. The number of benzene rings is 1. The van der Waals surface area contributed by atoms with E-state index < -0.39 is 0 Å². The van der Waals surface area contributed by atoms with Gasteiger partial charge in [-0.05, 0) is 52.2 Å². The van der Waals surface area contributed by atoms with Gasteiger partial charge in [-0.15, -0.1) is 0 Å². The second-order valence-corrected chi connectivity index (χ2v) is 6.16. The molecule has 0 aliphatic carbocycles. The second-order valence-electron chi connectivity index (χ2n) is 6.16. The molecule has 5 heteroatoms. The fourth-order valence-electron chi connectivity index (χ4n) is 1.91. The van der Waals surface area contributed by atoms with E-state index in [0.717, 1.165) is 25.9 Å². The van der Waals surface area contributed by atoms with Gasteiger partial charge in [0.05, 0.1) is 11.4 Å². The van der Waals surface area contributed by atoms with Crippen LogP contribution in [0.25, 0.3) is 0 Å². The molecule has 1 heterocycles. The highest BCUT2D eigenvalue weighted by Gasteiger charge is 2.22. The van der Waals surface area contributed by atoms with Crippen molar-refractivity contribution >= 4 is 17.5 Å². The third kappa shape index (κ3) is 6.88. The SMILES string of the molecule is CC(C)(C)OC(=O)N1CCCCC1.Nc1ccccc1N. The maximum absolute atomic E-state index is 11.5. The Balaban J connectivity index is 0.000000235. The molecular weight excluding hydrogens is 266 g/mol. The molecule has 1 amide bonds. The average molecular weight is 293 g/mol. The number of hydrogen-bond acceptors (Lipinski definition) is 4. The van der Waals surface area contributed by atoms with Gasteiger partial charge in [0.1, 0.15) is 5.60 Å². The standard InChI is InChI=1S/C10H19NO2.C6H8N2/c1-10(2,3)13-9(12)11-7-5-4-6-8-11;7-5-3-1-2-4-6(5)8/h4-8H2,1-3H3;1-4H,7-8H2. The van der Waals surface area contributed by atoms with Crippen LogP contribution in [0.3, 0.4) is 0 Å². The monoisotopic (exact) mass is 293 g/mol. The minimum Gasteiger partial charge on any atom is -0.444 e. The number of carbonyl (C=O) groups excluding carboxylic acids is 1. The van der Waals surface area contributed by atoms with E-state index in [0.29, 0.717) is 11.4 Å². The number of hydrogen-bond donors (Lipinski definition) is 2. The topological polar surface area (TPSA) is 81.6 Å². The number of rotatable bonds is 0. The molecule has 0 bridgehead atoms. The number of piperidine rings is 1. The fraction of sp³-hybridized carbons (Fsp3) is 0.562. The van der Waals surface area contributed by atoms with Gasteiger partial charge in [-0.25, -0.2) is 4.79 Å². The number of nitrogens with zero attached hydrogens (tertiary/aromatic N) is 1. The van der Waals surface area contributed by atoms with E-state index >= 15 is 0 Å². The summed E-state index contributed by atoms with van der Waals surface area (Å²) in [6.45, 7) is 7.41. The lowest BCUT2D eigenvalue weighted by Crippen LogP contribution is -2.39. The molecule has 1 aliphatic heterocycles. The van der Waals surface area contributed by atoms with E-state index in [1.807, 2.05) is 32.9 Å². The quantitative estimate of drug-likeness (QED) is 0.719.